The predicted octanol–water partition coefficient (Wildman–Crippen LogP) is 2.25. The molecule has 0 fully saturated rings. The lowest BCUT2D eigenvalue weighted by Crippen LogP contribution is -2.29. The number of methoxy groups -OCH3 is 1. The summed E-state index contributed by atoms with van der Waals surface area (Å²) in [5.41, 5.74) is 0.245. The van der Waals surface area contributed by atoms with Gasteiger partial charge in [0.2, 0.25) is 0 Å². The van der Waals surface area contributed by atoms with Gasteiger partial charge in [-0.15, -0.1) is 0 Å². The molecule has 0 aromatic heterocycles. The first-order valence-electron chi connectivity index (χ1n) is 5.81. The minimum atomic E-state index is -0.479. The summed E-state index contributed by atoms with van der Waals surface area (Å²) >= 11 is 0. The maximum Gasteiger partial charge on any atom is 0.309 e. The summed E-state index contributed by atoms with van der Waals surface area (Å²) in [4.78, 5) is 11.3. The van der Waals surface area contributed by atoms with Crippen LogP contribution in [0.1, 0.15) is 18.9 Å². The fraction of sp³-hybridized carbons (Fsp3) is 0.462. The summed E-state index contributed by atoms with van der Waals surface area (Å²) in [6, 6.07) is 3.30. The molecule has 100 valence electrons. The second-order valence-corrected chi connectivity index (χ2v) is 3.99. The number of rotatable bonds is 6. The van der Waals surface area contributed by atoms with E-state index < -0.39 is 11.6 Å². The van der Waals surface area contributed by atoms with E-state index in [0.717, 1.165) is 18.2 Å². The molecule has 0 amide bonds. The van der Waals surface area contributed by atoms with Crippen LogP contribution in [0, 0.1) is 17.6 Å². The lowest BCUT2D eigenvalue weighted by Gasteiger charge is -2.13. The highest BCUT2D eigenvalue weighted by molar-refractivity contribution is 5.72. The van der Waals surface area contributed by atoms with E-state index in [4.69, 9.17) is 0 Å². The first kappa shape index (κ1) is 14.6. The molecule has 0 radical (unpaired) electrons. The van der Waals surface area contributed by atoms with E-state index in [-0.39, 0.29) is 24.0 Å². The standard InChI is InChI=1S/C13H17F2NO2/c1-3-9(13(17)18-2)7-16-8-10-6-11(14)4-5-12(10)15/h4-6,9,16H,3,7-8H2,1-2H3. The topological polar surface area (TPSA) is 38.3 Å². The van der Waals surface area contributed by atoms with Crippen LogP contribution in [0.5, 0.6) is 0 Å². The van der Waals surface area contributed by atoms with Crippen LogP contribution in [0.25, 0.3) is 0 Å². The molecule has 3 nitrogen and oxygen atoms in total. The van der Waals surface area contributed by atoms with Crippen molar-refractivity contribution in [2.45, 2.75) is 19.9 Å². The van der Waals surface area contributed by atoms with Crippen molar-refractivity contribution in [2.75, 3.05) is 13.7 Å². The lowest BCUT2D eigenvalue weighted by atomic mass is 10.1. The number of carbonyl (C=O) groups is 1. The summed E-state index contributed by atoms with van der Waals surface area (Å²) in [5.74, 6) is -1.51. The van der Waals surface area contributed by atoms with Crippen molar-refractivity contribution in [3.05, 3.63) is 35.4 Å². The van der Waals surface area contributed by atoms with Gasteiger partial charge in [0, 0.05) is 18.7 Å². The third kappa shape index (κ3) is 4.07. The van der Waals surface area contributed by atoms with Gasteiger partial charge >= 0.3 is 5.97 Å². The molecule has 0 spiro atoms. The van der Waals surface area contributed by atoms with E-state index in [9.17, 15) is 13.6 Å². The van der Waals surface area contributed by atoms with E-state index in [0.29, 0.717) is 13.0 Å². The molecule has 0 bridgehead atoms. The number of esters is 1. The first-order valence-corrected chi connectivity index (χ1v) is 5.81. The second kappa shape index (κ2) is 7.06. The number of hydrogen-bond donors (Lipinski definition) is 1. The third-order valence-electron chi connectivity index (χ3n) is 2.74. The molecule has 0 saturated carbocycles. The summed E-state index contributed by atoms with van der Waals surface area (Å²) < 4.78 is 30.9. The van der Waals surface area contributed by atoms with Gasteiger partial charge in [0.05, 0.1) is 13.0 Å². The van der Waals surface area contributed by atoms with E-state index in [1.807, 2.05) is 6.92 Å². The highest BCUT2D eigenvalue weighted by Crippen LogP contribution is 2.10. The Morgan fingerprint density at radius 2 is 2.17 bits per heavy atom. The zero-order chi connectivity index (χ0) is 13.5. The molecule has 0 aliphatic carbocycles. The molecule has 1 atom stereocenters. The number of hydrogen-bond acceptors (Lipinski definition) is 3. The van der Waals surface area contributed by atoms with Crippen molar-refractivity contribution in [3.63, 3.8) is 0 Å². The first-order chi connectivity index (χ1) is 8.58. The van der Waals surface area contributed by atoms with Gasteiger partial charge in [0.25, 0.3) is 0 Å². The number of halogens is 2. The zero-order valence-corrected chi connectivity index (χ0v) is 10.5. The van der Waals surface area contributed by atoms with Crippen LogP contribution in [0.3, 0.4) is 0 Å². The fourth-order valence-corrected chi connectivity index (χ4v) is 1.62. The van der Waals surface area contributed by atoms with E-state index in [2.05, 4.69) is 10.1 Å². The Bertz CT molecular complexity index is 410. The maximum absolute atomic E-state index is 13.3. The van der Waals surface area contributed by atoms with Crippen LogP contribution in [-0.4, -0.2) is 19.6 Å². The van der Waals surface area contributed by atoms with Gasteiger partial charge in [-0.2, -0.15) is 0 Å². The Morgan fingerprint density at radius 1 is 1.44 bits per heavy atom. The SMILES string of the molecule is CCC(CNCc1cc(F)ccc1F)C(=O)OC. The molecule has 0 aliphatic heterocycles. The molecule has 18 heavy (non-hydrogen) atoms. The minimum Gasteiger partial charge on any atom is -0.469 e. The van der Waals surface area contributed by atoms with Gasteiger partial charge in [0.15, 0.2) is 0 Å². The van der Waals surface area contributed by atoms with E-state index in [1.54, 1.807) is 0 Å². The summed E-state index contributed by atoms with van der Waals surface area (Å²) in [5, 5.41) is 2.93. The van der Waals surface area contributed by atoms with Gasteiger partial charge in [0.1, 0.15) is 11.6 Å². The molecule has 0 saturated heterocycles. The van der Waals surface area contributed by atoms with Gasteiger partial charge < -0.3 is 10.1 Å². The van der Waals surface area contributed by atoms with Gasteiger partial charge in [-0.05, 0) is 24.6 Å². The average molecular weight is 257 g/mol. The lowest BCUT2D eigenvalue weighted by molar-refractivity contribution is -0.145. The number of carbonyl (C=O) groups excluding carboxylic acids is 1. The van der Waals surface area contributed by atoms with E-state index in [1.165, 1.54) is 7.11 Å². The monoisotopic (exact) mass is 257 g/mol. The molecular weight excluding hydrogens is 240 g/mol. The molecule has 1 aromatic carbocycles. The van der Waals surface area contributed by atoms with Crippen molar-refractivity contribution < 1.29 is 18.3 Å². The minimum absolute atomic E-state index is 0.178. The van der Waals surface area contributed by atoms with Crippen LogP contribution in [0.4, 0.5) is 8.78 Å². The normalized spacial score (nSPS) is 12.2. The molecule has 1 unspecified atom stereocenters. The van der Waals surface area contributed by atoms with Gasteiger partial charge in [-0.1, -0.05) is 6.92 Å². The maximum atomic E-state index is 13.3. The molecule has 0 heterocycles. The molecule has 1 aromatic rings. The van der Waals surface area contributed by atoms with E-state index >= 15 is 0 Å². The van der Waals surface area contributed by atoms with Crippen molar-refractivity contribution in [1.82, 2.24) is 5.32 Å². The highest BCUT2D eigenvalue weighted by atomic mass is 19.1. The van der Waals surface area contributed by atoms with Crippen molar-refractivity contribution in [2.24, 2.45) is 5.92 Å². The summed E-state index contributed by atoms with van der Waals surface area (Å²) in [6.07, 6.45) is 0.630. The Hall–Kier alpha value is -1.49. The predicted molar refractivity (Wildman–Crippen MR) is 63.9 cm³/mol. The van der Waals surface area contributed by atoms with Crippen LogP contribution in [0.2, 0.25) is 0 Å². The van der Waals surface area contributed by atoms with Crippen molar-refractivity contribution in [3.8, 4) is 0 Å². The Morgan fingerprint density at radius 3 is 2.78 bits per heavy atom. The largest absolute Gasteiger partial charge is 0.469 e. The van der Waals surface area contributed by atoms with Crippen molar-refractivity contribution >= 4 is 5.97 Å². The summed E-state index contributed by atoms with van der Waals surface area (Å²) in [7, 11) is 1.33. The summed E-state index contributed by atoms with van der Waals surface area (Å²) in [6.45, 7) is 2.42. The quantitative estimate of drug-likeness (QED) is 0.794. The second-order valence-electron chi connectivity index (χ2n) is 3.99. The van der Waals surface area contributed by atoms with Crippen LogP contribution in [0.15, 0.2) is 18.2 Å². The molecule has 5 heteroatoms. The average Bonchev–Trinajstić information content (AvgIpc) is 2.37. The van der Waals surface area contributed by atoms with Crippen LogP contribution >= 0.6 is 0 Å². The number of benzene rings is 1. The zero-order valence-electron chi connectivity index (χ0n) is 10.5. The molecule has 0 aliphatic rings. The molecule has 1 N–H and O–H groups in total. The fourth-order valence-electron chi connectivity index (χ4n) is 1.62. The smallest absolute Gasteiger partial charge is 0.309 e. The van der Waals surface area contributed by atoms with Gasteiger partial charge in [-0.25, -0.2) is 8.78 Å². The molecular formula is C13H17F2NO2. The Balaban J connectivity index is 2.50. The Kier molecular flexibility index (Phi) is 5.71. The van der Waals surface area contributed by atoms with Crippen LogP contribution < -0.4 is 5.32 Å². The number of nitrogens with one attached hydrogen (secondary N) is 1. The highest BCUT2D eigenvalue weighted by Gasteiger charge is 2.16. The number of ether oxygens (including phenoxy) is 1. The van der Waals surface area contributed by atoms with Crippen molar-refractivity contribution in [1.29, 1.82) is 0 Å². The molecule has 1 rings (SSSR count). The Labute approximate surface area is 105 Å². The van der Waals surface area contributed by atoms with Crippen LogP contribution in [-0.2, 0) is 16.1 Å². The third-order valence-corrected chi connectivity index (χ3v) is 2.74. The van der Waals surface area contributed by atoms with Gasteiger partial charge in [-0.3, -0.25) is 4.79 Å².